The van der Waals surface area contributed by atoms with E-state index in [-0.39, 0.29) is 0 Å². The highest BCUT2D eigenvalue weighted by atomic mass is 79.9. The molecule has 0 heterocycles. The summed E-state index contributed by atoms with van der Waals surface area (Å²) >= 11 is 3.31. The zero-order valence-corrected chi connectivity index (χ0v) is 8.49. The molecule has 0 N–H and O–H groups in total. The molecule has 0 bridgehead atoms. The zero-order valence-electron chi connectivity index (χ0n) is 6.91. The van der Waals surface area contributed by atoms with Crippen LogP contribution in [0.25, 0.3) is 0 Å². The van der Waals surface area contributed by atoms with Gasteiger partial charge in [-0.15, -0.1) is 0 Å². The lowest BCUT2D eigenvalue weighted by Gasteiger charge is -1.96. The first-order chi connectivity index (χ1) is 4.91. The van der Waals surface area contributed by atoms with Crippen LogP contribution in [0.1, 0.15) is 45.4 Å². The average Bonchev–Trinajstić information content (AvgIpc) is 1.97. The van der Waals surface area contributed by atoms with Crippen molar-refractivity contribution in [2.75, 3.05) is 0 Å². The molecule has 0 fully saturated rings. The fourth-order valence-corrected chi connectivity index (χ4v) is 1.33. The predicted octanol–water partition coefficient (Wildman–Crippen LogP) is 3.78. The van der Waals surface area contributed by atoms with E-state index in [0.717, 1.165) is 0 Å². The van der Waals surface area contributed by atoms with E-state index >= 15 is 0 Å². The lowest BCUT2D eigenvalue weighted by molar-refractivity contribution is 0.624. The van der Waals surface area contributed by atoms with Gasteiger partial charge in [0.05, 0.1) is 0 Å². The summed E-state index contributed by atoms with van der Waals surface area (Å²) in [7, 11) is 0. The average molecular weight is 204 g/mol. The van der Waals surface area contributed by atoms with Gasteiger partial charge in [0, 0.05) is 0 Å². The van der Waals surface area contributed by atoms with Crippen LogP contribution in [-0.2, 0) is 0 Å². The predicted molar refractivity (Wildman–Crippen MR) is 52.9 cm³/mol. The summed E-state index contributed by atoms with van der Waals surface area (Å²) in [6, 6.07) is 0. The van der Waals surface area contributed by atoms with E-state index in [1.54, 1.807) is 0 Å². The molecule has 0 spiro atoms. The molecule has 0 saturated carbocycles. The summed E-state index contributed by atoms with van der Waals surface area (Å²) in [5.41, 5.74) is 0. The Balaban J connectivity index is 2.65. The Labute approximate surface area is 74.0 Å². The van der Waals surface area contributed by atoms with E-state index in [4.69, 9.17) is 0 Å². The maximum Gasteiger partial charge on any atom is 0.205 e. The molecule has 10 heavy (non-hydrogen) atoms. The summed E-state index contributed by atoms with van der Waals surface area (Å²) in [4.78, 5) is 0. The van der Waals surface area contributed by atoms with E-state index < -0.39 is 0 Å². The second kappa shape index (κ2) is 9.54. The minimum Gasteiger partial charge on any atom is -0.166 e. The highest BCUT2D eigenvalue weighted by molar-refractivity contribution is 9.23. The minimum absolute atomic E-state index is 1.23. The lowest BCUT2D eigenvalue weighted by Crippen LogP contribution is -1.80. The second-order valence-corrected chi connectivity index (χ2v) is 3.36. The molecule has 0 nitrogen and oxygen atoms in total. The summed E-state index contributed by atoms with van der Waals surface area (Å²) in [6.07, 6.45) is 11.7. The van der Waals surface area contributed by atoms with Crippen molar-refractivity contribution in [1.82, 2.24) is 0 Å². The number of unbranched alkanes of at least 4 members (excludes halogenated alkanes) is 5. The van der Waals surface area contributed by atoms with Gasteiger partial charge in [-0.2, -0.15) is 15.8 Å². The van der Waals surface area contributed by atoms with Gasteiger partial charge in [-0.25, -0.2) is 0 Å². The van der Waals surface area contributed by atoms with Gasteiger partial charge < -0.3 is 0 Å². The lowest BCUT2D eigenvalue weighted by atomic mass is 9.98. The van der Waals surface area contributed by atoms with Crippen LogP contribution in [0.3, 0.4) is 0 Å². The van der Waals surface area contributed by atoms with Crippen LogP contribution in [0.5, 0.6) is 0 Å². The molecule has 2 heteroatoms. The van der Waals surface area contributed by atoms with Crippen LogP contribution < -0.4 is 0 Å². The molecule has 1 radical (unpaired) electrons. The van der Waals surface area contributed by atoms with Gasteiger partial charge in [0.15, 0.2) is 0 Å². The summed E-state index contributed by atoms with van der Waals surface area (Å²) in [5, 5.41) is 0. The van der Waals surface area contributed by atoms with E-state index in [1.807, 2.05) is 0 Å². The molecular formula is C8H17BBr. The third-order valence-electron chi connectivity index (χ3n) is 1.67. The van der Waals surface area contributed by atoms with E-state index in [0.29, 0.717) is 0 Å². The molecule has 0 aromatic carbocycles. The van der Waals surface area contributed by atoms with Gasteiger partial charge >= 0.3 is 0 Å². The second-order valence-electron chi connectivity index (χ2n) is 2.71. The fraction of sp³-hybridized carbons (Fsp3) is 1.00. The molecule has 0 aliphatic heterocycles. The number of hydrogen-bond acceptors (Lipinski definition) is 0. The first-order valence-corrected chi connectivity index (χ1v) is 5.25. The number of rotatable bonds is 7. The van der Waals surface area contributed by atoms with Crippen LogP contribution in [0.15, 0.2) is 0 Å². The van der Waals surface area contributed by atoms with Crippen molar-refractivity contribution < 1.29 is 0 Å². The Kier molecular flexibility index (Phi) is 10.1. The Morgan fingerprint density at radius 3 is 2.20 bits per heavy atom. The fourth-order valence-electron chi connectivity index (χ4n) is 1.00. The number of hydrogen-bond donors (Lipinski definition) is 0. The summed E-state index contributed by atoms with van der Waals surface area (Å²) in [5.74, 6) is 0. The third kappa shape index (κ3) is 8.54. The third-order valence-corrected chi connectivity index (χ3v) is 2.12. The molecular weight excluding hydrogens is 187 g/mol. The number of halogens is 1. The molecule has 0 saturated heterocycles. The van der Waals surface area contributed by atoms with Crippen molar-refractivity contribution in [3.05, 3.63) is 0 Å². The molecule has 0 aromatic rings. The van der Waals surface area contributed by atoms with Gasteiger partial charge in [0.1, 0.15) is 0 Å². The van der Waals surface area contributed by atoms with Crippen molar-refractivity contribution in [3.8, 4) is 0 Å². The van der Waals surface area contributed by atoms with Crippen molar-refractivity contribution in [2.45, 2.75) is 51.8 Å². The first kappa shape index (κ1) is 10.5. The highest BCUT2D eigenvalue weighted by Gasteiger charge is 1.88. The highest BCUT2D eigenvalue weighted by Crippen LogP contribution is 2.07. The molecule has 0 aromatic heterocycles. The van der Waals surface area contributed by atoms with E-state index in [2.05, 4.69) is 28.8 Å². The molecule has 0 atom stereocenters. The van der Waals surface area contributed by atoms with Crippen LogP contribution in [0.4, 0.5) is 0 Å². The molecule has 0 rings (SSSR count). The quantitative estimate of drug-likeness (QED) is 0.437. The van der Waals surface area contributed by atoms with Crippen LogP contribution in [0, 0.1) is 0 Å². The standard InChI is InChI=1S/C8H17BBr/c1-2-3-4-5-6-7-8-9-10/h2-8H2,1H3. The molecule has 0 unspecified atom stereocenters. The van der Waals surface area contributed by atoms with Crippen molar-refractivity contribution in [2.24, 2.45) is 0 Å². The summed E-state index contributed by atoms with van der Waals surface area (Å²) < 4.78 is 0. The van der Waals surface area contributed by atoms with Crippen molar-refractivity contribution in [1.29, 1.82) is 0 Å². The normalized spacial score (nSPS) is 9.80. The van der Waals surface area contributed by atoms with Gasteiger partial charge in [-0.3, -0.25) is 0 Å². The Morgan fingerprint density at radius 1 is 1.00 bits per heavy atom. The van der Waals surface area contributed by atoms with Crippen LogP contribution >= 0.6 is 15.8 Å². The summed E-state index contributed by atoms with van der Waals surface area (Å²) in [6.45, 7) is 2.26. The Bertz CT molecular complexity index is 49.2. The minimum atomic E-state index is 1.23. The van der Waals surface area contributed by atoms with Gasteiger partial charge in [-0.05, 0) is 0 Å². The monoisotopic (exact) mass is 203 g/mol. The topological polar surface area (TPSA) is 0 Å². The molecule has 0 aliphatic carbocycles. The smallest absolute Gasteiger partial charge is 0.166 e. The first-order valence-electron chi connectivity index (χ1n) is 4.33. The molecule has 0 amide bonds. The Hall–Kier alpha value is 0.545. The molecule has 0 aliphatic rings. The van der Waals surface area contributed by atoms with Gasteiger partial charge in [-0.1, -0.05) is 51.8 Å². The van der Waals surface area contributed by atoms with E-state index in [1.165, 1.54) is 44.8 Å². The maximum atomic E-state index is 3.31. The van der Waals surface area contributed by atoms with Crippen molar-refractivity contribution in [3.63, 3.8) is 0 Å². The zero-order chi connectivity index (χ0) is 7.66. The SMILES string of the molecule is CCCCCCCC[B]Br. The van der Waals surface area contributed by atoms with Gasteiger partial charge in [0.25, 0.3) is 0 Å². The van der Waals surface area contributed by atoms with E-state index in [9.17, 15) is 0 Å². The van der Waals surface area contributed by atoms with Crippen molar-refractivity contribution >= 4 is 21.9 Å². The largest absolute Gasteiger partial charge is 0.205 e. The Morgan fingerprint density at radius 2 is 1.60 bits per heavy atom. The molecule has 59 valence electrons. The van der Waals surface area contributed by atoms with Crippen LogP contribution in [0.2, 0.25) is 6.32 Å². The maximum absolute atomic E-state index is 3.31. The van der Waals surface area contributed by atoms with Gasteiger partial charge in [0.2, 0.25) is 6.10 Å². The van der Waals surface area contributed by atoms with Crippen LogP contribution in [-0.4, -0.2) is 6.10 Å².